The Labute approximate surface area is 86.6 Å². The molecule has 0 bridgehead atoms. The normalized spacial score (nSPS) is 10.8. The van der Waals surface area contributed by atoms with Crippen LogP contribution in [-0.2, 0) is 13.6 Å². The van der Waals surface area contributed by atoms with E-state index in [1.807, 2.05) is 12.1 Å². The number of aromatic nitrogens is 1. The summed E-state index contributed by atoms with van der Waals surface area (Å²) in [5, 5.41) is 10.5. The molecule has 2 aromatic rings. The maximum absolute atomic E-state index is 11.8. The summed E-state index contributed by atoms with van der Waals surface area (Å²) < 4.78 is 1.50. The summed E-state index contributed by atoms with van der Waals surface area (Å²) in [6, 6.07) is 7.19. The topological polar surface area (TPSA) is 68.2 Å². The van der Waals surface area contributed by atoms with E-state index in [1.54, 1.807) is 19.2 Å². The molecule has 0 aliphatic heterocycles. The molecule has 1 aromatic heterocycles. The van der Waals surface area contributed by atoms with Gasteiger partial charge in [-0.3, -0.25) is 4.79 Å². The summed E-state index contributed by atoms with van der Waals surface area (Å²) in [5.74, 6) is -0.00352. The summed E-state index contributed by atoms with van der Waals surface area (Å²) >= 11 is 0. The van der Waals surface area contributed by atoms with Crippen LogP contribution in [0.25, 0.3) is 10.9 Å². The first kappa shape index (κ1) is 9.73. The van der Waals surface area contributed by atoms with Crippen molar-refractivity contribution in [1.82, 2.24) is 4.57 Å². The second kappa shape index (κ2) is 3.40. The highest BCUT2D eigenvalue weighted by molar-refractivity contribution is 5.86. The van der Waals surface area contributed by atoms with Crippen molar-refractivity contribution in [2.75, 3.05) is 0 Å². The van der Waals surface area contributed by atoms with Crippen molar-refractivity contribution < 1.29 is 5.11 Å². The SMILES string of the molecule is Cn1c(=O)c(CN)c(O)c2ccccc21. The lowest BCUT2D eigenvalue weighted by Crippen LogP contribution is -2.23. The van der Waals surface area contributed by atoms with E-state index < -0.39 is 0 Å². The number of hydrogen-bond donors (Lipinski definition) is 2. The van der Waals surface area contributed by atoms with Crippen LogP contribution in [0.1, 0.15) is 5.56 Å². The molecule has 1 aromatic carbocycles. The van der Waals surface area contributed by atoms with Crippen LogP contribution in [0, 0.1) is 0 Å². The lowest BCUT2D eigenvalue weighted by molar-refractivity contribution is 0.472. The molecule has 0 atom stereocenters. The van der Waals surface area contributed by atoms with Crippen molar-refractivity contribution >= 4 is 10.9 Å². The highest BCUT2D eigenvalue weighted by Crippen LogP contribution is 2.24. The van der Waals surface area contributed by atoms with Gasteiger partial charge in [-0.05, 0) is 12.1 Å². The zero-order chi connectivity index (χ0) is 11.0. The molecular formula is C11H12N2O2. The van der Waals surface area contributed by atoms with Crippen LogP contribution in [-0.4, -0.2) is 9.67 Å². The van der Waals surface area contributed by atoms with E-state index in [9.17, 15) is 9.90 Å². The van der Waals surface area contributed by atoms with E-state index in [1.165, 1.54) is 4.57 Å². The Balaban J connectivity index is 3.03. The van der Waals surface area contributed by atoms with Gasteiger partial charge in [-0.25, -0.2) is 0 Å². The third kappa shape index (κ3) is 1.30. The molecule has 0 amide bonds. The molecule has 0 radical (unpaired) electrons. The largest absolute Gasteiger partial charge is 0.507 e. The fraction of sp³-hybridized carbons (Fsp3) is 0.182. The number of aromatic hydroxyl groups is 1. The molecule has 2 rings (SSSR count). The molecule has 0 spiro atoms. The smallest absolute Gasteiger partial charge is 0.259 e. The average molecular weight is 204 g/mol. The number of fused-ring (bicyclic) bond motifs is 1. The summed E-state index contributed by atoms with van der Waals surface area (Å²) in [6.07, 6.45) is 0. The van der Waals surface area contributed by atoms with Gasteiger partial charge in [0.2, 0.25) is 0 Å². The molecule has 78 valence electrons. The van der Waals surface area contributed by atoms with Crippen LogP contribution in [0.4, 0.5) is 0 Å². The van der Waals surface area contributed by atoms with Crippen LogP contribution in [0.3, 0.4) is 0 Å². The van der Waals surface area contributed by atoms with E-state index in [4.69, 9.17) is 5.73 Å². The predicted octanol–water partition coefficient (Wildman–Crippen LogP) is 0.703. The molecule has 0 unspecified atom stereocenters. The third-order valence-electron chi connectivity index (χ3n) is 2.57. The van der Waals surface area contributed by atoms with Gasteiger partial charge in [-0.15, -0.1) is 0 Å². The van der Waals surface area contributed by atoms with Gasteiger partial charge in [-0.2, -0.15) is 0 Å². The van der Waals surface area contributed by atoms with E-state index >= 15 is 0 Å². The van der Waals surface area contributed by atoms with Crippen molar-refractivity contribution in [1.29, 1.82) is 0 Å². The summed E-state index contributed by atoms with van der Waals surface area (Å²) in [7, 11) is 1.67. The lowest BCUT2D eigenvalue weighted by Gasteiger charge is -2.09. The molecule has 15 heavy (non-hydrogen) atoms. The second-order valence-corrected chi connectivity index (χ2v) is 3.41. The number of benzene rings is 1. The second-order valence-electron chi connectivity index (χ2n) is 3.41. The van der Waals surface area contributed by atoms with E-state index in [-0.39, 0.29) is 23.4 Å². The standard InChI is InChI=1S/C11H12N2O2/c1-13-9-5-3-2-4-7(9)10(14)8(6-12)11(13)15/h2-5,14H,6,12H2,1H3. The van der Waals surface area contributed by atoms with Crippen LogP contribution in [0.5, 0.6) is 5.75 Å². The fourth-order valence-electron chi connectivity index (χ4n) is 1.73. The molecule has 0 saturated carbocycles. The highest BCUT2D eigenvalue weighted by Gasteiger charge is 2.11. The highest BCUT2D eigenvalue weighted by atomic mass is 16.3. The summed E-state index contributed by atoms with van der Waals surface area (Å²) in [4.78, 5) is 11.8. The van der Waals surface area contributed by atoms with Crippen molar-refractivity contribution in [2.24, 2.45) is 12.8 Å². The van der Waals surface area contributed by atoms with Crippen LogP contribution >= 0.6 is 0 Å². The minimum absolute atomic E-state index is 0.00352. The Kier molecular flexibility index (Phi) is 2.21. The van der Waals surface area contributed by atoms with E-state index in [0.717, 1.165) is 0 Å². The molecule has 0 aliphatic rings. The first-order valence-corrected chi connectivity index (χ1v) is 4.66. The number of nitrogens with zero attached hydrogens (tertiary/aromatic N) is 1. The first-order valence-electron chi connectivity index (χ1n) is 4.66. The van der Waals surface area contributed by atoms with Gasteiger partial charge in [0, 0.05) is 19.0 Å². The Hall–Kier alpha value is -1.81. The Morgan fingerprint density at radius 3 is 2.73 bits per heavy atom. The van der Waals surface area contributed by atoms with Crippen molar-refractivity contribution in [2.45, 2.75) is 6.54 Å². The number of hydrogen-bond acceptors (Lipinski definition) is 3. The minimum atomic E-state index is -0.242. The summed E-state index contributed by atoms with van der Waals surface area (Å²) in [5.41, 5.74) is 6.16. The van der Waals surface area contributed by atoms with Crippen molar-refractivity contribution in [3.05, 3.63) is 40.2 Å². The maximum atomic E-state index is 11.8. The molecule has 4 nitrogen and oxygen atoms in total. The maximum Gasteiger partial charge on any atom is 0.259 e. The molecule has 3 N–H and O–H groups in total. The van der Waals surface area contributed by atoms with Gasteiger partial charge in [0.1, 0.15) is 5.75 Å². The van der Waals surface area contributed by atoms with Crippen molar-refractivity contribution in [3.63, 3.8) is 0 Å². The molecule has 4 heteroatoms. The molecule has 1 heterocycles. The Morgan fingerprint density at radius 1 is 1.40 bits per heavy atom. The van der Waals surface area contributed by atoms with Gasteiger partial charge >= 0.3 is 0 Å². The third-order valence-corrected chi connectivity index (χ3v) is 2.57. The van der Waals surface area contributed by atoms with Crippen LogP contribution in [0.2, 0.25) is 0 Å². The molecule has 0 saturated heterocycles. The number of rotatable bonds is 1. The number of nitrogens with two attached hydrogens (primary N) is 1. The van der Waals surface area contributed by atoms with Gasteiger partial charge in [0.25, 0.3) is 5.56 Å². The monoisotopic (exact) mass is 204 g/mol. The Bertz CT molecular complexity index is 573. The average Bonchev–Trinajstić information content (AvgIpc) is 2.27. The fourth-order valence-corrected chi connectivity index (χ4v) is 1.73. The first-order chi connectivity index (χ1) is 7.16. The van der Waals surface area contributed by atoms with Crippen LogP contribution in [0.15, 0.2) is 29.1 Å². The van der Waals surface area contributed by atoms with E-state index in [2.05, 4.69) is 0 Å². The van der Waals surface area contributed by atoms with Gasteiger partial charge in [-0.1, -0.05) is 12.1 Å². The van der Waals surface area contributed by atoms with Gasteiger partial charge < -0.3 is 15.4 Å². The van der Waals surface area contributed by atoms with Crippen LogP contribution < -0.4 is 11.3 Å². The number of pyridine rings is 1. The predicted molar refractivity (Wildman–Crippen MR) is 58.7 cm³/mol. The quantitative estimate of drug-likeness (QED) is 0.718. The van der Waals surface area contributed by atoms with Crippen molar-refractivity contribution in [3.8, 4) is 5.75 Å². The Morgan fingerprint density at radius 2 is 2.07 bits per heavy atom. The molecular weight excluding hydrogens is 192 g/mol. The number of aryl methyl sites for hydroxylation is 1. The zero-order valence-electron chi connectivity index (χ0n) is 8.40. The number of para-hydroxylation sites is 1. The summed E-state index contributed by atoms with van der Waals surface area (Å²) in [6.45, 7) is 0.0450. The van der Waals surface area contributed by atoms with Gasteiger partial charge in [0.15, 0.2) is 0 Å². The molecule has 0 aliphatic carbocycles. The lowest BCUT2D eigenvalue weighted by atomic mass is 10.1. The molecule has 0 fully saturated rings. The minimum Gasteiger partial charge on any atom is -0.507 e. The zero-order valence-corrected chi connectivity index (χ0v) is 8.40. The van der Waals surface area contributed by atoms with E-state index in [0.29, 0.717) is 10.9 Å². The van der Waals surface area contributed by atoms with Gasteiger partial charge in [0.05, 0.1) is 11.1 Å².